The molecule has 0 heterocycles. The molecule has 0 spiro atoms. The van der Waals surface area contributed by atoms with E-state index in [-0.39, 0.29) is 11.9 Å². The van der Waals surface area contributed by atoms with E-state index in [9.17, 15) is 4.39 Å². The number of hydrogen-bond acceptors (Lipinski definition) is 2. The minimum Gasteiger partial charge on any atom is -0.271 e. The van der Waals surface area contributed by atoms with Crippen molar-refractivity contribution in [1.82, 2.24) is 5.43 Å². The van der Waals surface area contributed by atoms with Gasteiger partial charge in [-0.3, -0.25) is 11.3 Å². The van der Waals surface area contributed by atoms with E-state index in [1.807, 2.05) is 12.1 Å². The van der Waals surface area contributed by atoms with Crippen molar-refractivity contribution in [3.63, 3.8) is 0 Å². The standard InChI is InChI=1S/C14H20BrFN2/c15-12-7-6-11(13(16)9-12)8-14(18-17)10-4-2-1-3-5-10/h6-7,9-10,14,18H,1-5,8,17H2. The molecule has 2 rings (SSSR count). The molecule has 1 aliphatic rings. The molecular weight excluding hydrogens is 295 g/mol. The fourth-order valence-electron chi connectivity index (χ4n) is 2.82. The van der Waals surface area contributed by atoms with Gasteiger partial charge >= 0.3 is 0 Å². The summed E-state index contributed by atoms with van der Waals surface area (Å²) in [5.74, 6) is 6.07. The lowest BCUT2D eigenvalue weighted by molar-refractivity contribution is 0.267. The zero-order valence-corrected chi connectivity index (χ0v) is 12.0. The highest BCUT2D eigenvalue weighted by Gasteiger charge is 2.23. The average Bonchev–Trinajstić information content (AvgIpc) is 2.39. The Hall–Kier alpha value is -0.450. The first-order valence-corrected chi connectivity index (χ1v) is 7.40. The van der Waals surface area contributed by atoms with Crippen molar-refractivity contribution in [2.24, 2.45) is 11.8 Å². The second kappa shape index (κ2) is 6.64. The summed E-state index contributed by atoms with van der Waals surface area (Å²) in [5, 5.41) is 0. The molecule has 1 unspecified atom stereocenters. The van der Waals surface area contributed by atoms with Crippen LogP contribution in [0, 0.1) is 11.7 Å². The first kappa shape index (κ1) is 14.0. The largest absolute Gasteiger partial charge is 0.271 e. The van der Waals surface area contributed by atoms with Gasteiger partial charge in [-0.1, -0.05) is 41.3 Å². The van der Waals surface area contributed by atoms with Gasteiger partial charge in [-0.05, 0) is 42.9 Å². The normalized spacial score (nSPS) is 18.8. The Bertz CT molecular complexity index is 391. The fraction of sp³-hybridized carbons (Fsp3) is 0.571. The van der Waals surface area contributed by atoms with Gasteiger partial charge in [-0.15, -0.1) is 0 Å². The summed E-state index contributed by atoms with van der Waals surface area (Å²) in [5.41, 5.74) is 3.63. The second-order valence-electron chi connectivity index (χ2n) is 5.11. The van der Waals surface area contributed by atoms with Gasteiger partial charge in [0.15, 0.2) is 0 Å². The summed E-state index contributed by atoms with van der Waals surface area (Å²) in [6.07, 6.45) is 6.93. The van der Waals surface area contributed by atoms with E-state index in [0.717, 1.165) is 10.0 Å². The van der Waals surface area contributed by atoms with E-state index in [1.54, 1.807) is 0 Å². The van der Waals surface area contributed by atoms with Gasteiger partial charge in [0, 0.05) is 10.5 Å². The summed E-state index contributed by atoms with van der Waals surface area (Å²) < 4.78 is 14.6. The molecule has 18 heavy (non-hydrogen) atoms. The molecule has 3 N–H and O–H groups in total. The minimum atomic E-state index is -0.152. The number of halogens is 2. The maximum Gasteiger partial charge on any atom is 0.127 e. The highest BCUT2D eigenvalue weighted by molar-refractivity contribution is 9.10. The zero-order chi connectivity index (χ0) is 13.0. The Kier molecular flexibility index (Phi) is 5.15. The number of nitrogens with two attached hydrogens (primary N) is 1. The van der Waals surface area contributed by atoms with E-state index in [4.69, 9.17) is 5.84 Å². The molecule has 0 saturated heterocycles. The summed E-state index contributed by atoms with van der Waals surface area (Å²) in [7, 11) is 0. The third-order valence-electron chi connectivity index (χ3n) is 3.89. The van der Waals surface area contributed by atoms with Gasteiger partial charge in [0.05, 0.1) is 0 Å². The van der Waals surface area contributed by atoms with Crippen molar-refractivity contribution in [3.05, 3.63) is 34.1 Å². The van der Waals surface area contributed by atoms with Crippen LogP contribution in [0.2, 0.25) is 0 Å². The van der Waals surface area contributed by atoms with Crippen LogP contribution in [0.1, 0.15) is 37.7 Å². The Balaban J connectivity index is 2.04. The Morgan fingerprint density at radius 3 is 2.67 bits per heavy atom. The van der Waals surface area contributed by atoms with Crippen LogP contribution in [-0.4, -0.2) is 6.04 Å². The molecular formula is C14H20BrFN2. The molecule has 100 valence electrons. The van der Waals surface area contributed by atoms with Crippen LogP contribution in [0.5, 0.6) is 0 Å². The van der Waals surface area contributed by atoms with Gasteiger partial charge < -0.3 is 0 Å². The number of nitrogens with one attached hydrogen (secondary N) is 1. The van der Waals surface area contributed by atoms with E-state index >= 15 is 0 Å². The van der Waals surface area contributed by atoms with Crippen molar-refractivity contribution in [2.45, 2.75) is 44.6 Å². The minimum absolute atomic E-state index is 0.152. The first-order valence-electron chi connectivity index (χ1n) is 6.60. The SMILES string of the molecule is NNC(Cc1ccc(Br)cc1F)C1CCCCC1. The molecule has 0 radical (unpaired) electrons. The van der Waals surface area contributed by atoms with Crippen LogP contribution in [0.15, 0.2) is 22.7 Å². The monoisotopic (exact) mass is 314 g/mol. The molecule has 1 aromatic rings. The van der Waals surface area contributed by atoms with Crippen LogP contribution in [-0.2, 0) is 6.42 Å². The van der Waals surface area contributed by atoms with E-state index in [1.165, 1.54) is 38.2 Å². The zero-order valence-electron chi connectivity index (χ0n) is 10.5. The van der Waals surface area contributed by atoms with Crippen LogP contribution in [0.25, 0.3) is 0 Å². The van der Waals surface area contributed by atoms with Crippen LogP contribution in [0.4, 0.5) is 4.39 Å². The molecule has 1 aromatic carbocycles. The highest BCUT2D eigenvalue weighted by Crippen LogP contribution is 2.28. The van der Waals surface area contributed by atoms with Gasteiger partial charge in [0.1, 0.15) is 5.82 Å². The fourth-order valence-corrected chi connectivity index (χ4v) is 3.16. The Labute approximate surface area is 116 Å². The van der Waals surface area contributed by atoms with Crippen LogP contribution >= 0.6 is 15.9 Å². The topological polar surface area (TPSA) is 38.0 Å². The number of hydrazine groups is 1. The maximum atomic E-state index is 13.8. The van der Waals surface area contributed by atoms with E-state index in [2.05, 4.69) is 21.4 Å². The molecule has 0 aromatic heterocycles. The summed E-state index contributed by atoms with van der Waals surface area (Å²) in [6, 6.07) is 5.42. The lowest BCUT2D eigenvalue weighted by Gasteiger charge is -2.30. The number of rotatable bonds is 4. The lowest BCUT2D eigenvalue weighted by atomic mass is 9.82. The number of benzene rings is 1. The molecule has 0 bridgehead atoms. The molecule has 2 nitrogen and oxygen atoms in total. The Morgan fingerprint density at radius 2 is 2.06 bits per heavy atom. The van der Waals surface area contributed by atoms with Crippen molar-refractivity contribution in [3.8, 4) is 0 Å². The quantitative estimate of drug-likeness (QED) is 0.659. The lowest BCUT2D eigenvalue weighted by Crippen LogP contribution is -2.43. The van der Waals surface area contributed by atoms with Crippen molar-refractivity contribution in [2.75, 3.05) is 0 Å². The molecule has 0 amide bonds. The molecule has 1 atom stereocenters. The highest BCUT2D eigenvalue weighted by atomic mass is 79.9. The molecule has 1 saturated carbocycles. The van der Waals surface area contributed by atoms with Crippen LogP contribution < -0.4 is 11.3 Å². The third kappa shape index (κ3) is 3.53. The van der Waals surface area contributed by atoms with Gasteiger partial charge in [0.25, 0.3) is 0 Å². The number of hydrogen-bond donors (Lipinski definition) is 2. The predicted molar refractivity (Wildman–Crippen MR) is 75.5 cm³/mol. The van der Waals surface area contributed by atoms with Gasteiger partial charge in [0.2, 0.25) is 0 Å². The van der Waals surface area contributed by atoms with E-state index in [0.29, 0.717) is 12.3 Å². The summed E-state index contributed by atoms with van der Waals surface area (Å²) in [6.45, 7) is 0. The Morgan fingerprint density at radius 1 is 1.33 bits per heavy atom. The van der Waals surface area contributed by atoms with Gasteiger partial charge in [-0.2, -0.15) is 0 Å². The summed E-state index contributed by atoms with van der Waals surface area (Å²) in [4.78, 5) is 0. The predicted octanol–water partition coefficient (Wildman–Crippen LogP) is 3.54. The second-order valence-corrected chi connectivity index (χ2v) is 6.03. The molecule has 0 aliphatic heterocycles. The third-order valence-corrected chi connectivity index (χ3v) is 4.38. The molecule has 1 aliphatic carbocycles. The van der Waals surface area contributed by atoms with Crippen molar-refractivity contribution >= 4 is 15.9 Å². The van der Waals surface area contributed by atoms with Crippen LogP contribution in [0.3, 0.4) is 0 Å². The summed E-state index contributed by atoms with van der Waals surface area (Å²) >= 11 is 3.28. The van der Waals surface area contributed by atoms with E-state index < -0.39 is 0 Å². The first-order chi connectivity index (χ1) is 8.70. The van der Waals surface area contributed by atoms with Crippen molar-refractivity contribution in [1.29, 1.82) is 0 Å². The maximum absolute atomic E-state index is 13.8. The molecule has 1 fully saturated rings. The molecule has 4 heteroatoms. The van der Waals surface area contributed by atoms with Crippen molar-refractivity contribution < 1.29 is 4.39 Å². The average molecular weight is 315 g/mol. The van der Waals surface area contributed by atoms with Gasteiger partial charge in [-0.25, -0.2) is 4.39 Å². The smallest absolute Gasteiger partial charge is 0.127 e.